The largest absolute Gasteiger partial charge is 0.480 e. The summed E-state index contributed by atoms with van der Waals surface area (Å²) in [6.45, 7) is 2.62. The zero-order valence-corrected chi connectivity index (χ0v) is 14.8. The van der Waals surface area contributed by atoms with Gasteiger partial charge in [-0.1, -0.05) is 23.7 Å². The number of nitrogens with one attached hydrogen (secondary N) is 1. The Hall–Kier alpha value is -2.67. The van der Waals surface area contributed by atoms with Gasteiger partial charge < -0.3 is 14.8 Å². The summed E-state index contributed by atoms with van der Waals surface area (Å²) in [5.41, 5.74) is 0.278. The number of aryl methyl sites for hydroxylation is 1. The average Bonchev–Trinajstić information content (AvgIpc) is 2.58. The summed E-state index contributed by atoms with van der Waals surface area (Å²) in [4.78, 5) is 23.7. The lowest BCUT2D eigenvalue weighted by molar-refractivity contribution is -0.155. The fourth-order valence-electron chi connectivity index (χ4n) is 1.98. The predicted molar refractivity (Wildman–Crippen MR) is 92.2 cm³/mol. The van der Waals surface area contributed by atoms with Crippen molar-refractivity contribution in [2.75, 3.05) is 11.9 Å². The summed E-state index contributed by atoms with van der Waals surface area (Å²) in [6, 6.07) is 8.20. The Labute approximate surface area is 153 Å². The molecule has 2 aromatic carbocycles. The summed E-state index contributed by atoms with van der Waals surface area (Å²) in [6.07, 6.45) is -1.28. The Balaban J connectivity index is 1.90. The van der Waals surface area contributed by atoms with Crippen molar-refractivity contribution in [3.8, 4) is 5.75 Å². The van der Waals surface area contributed by atoms with Gasteiger partial charge in [0, 0.05) is 0 Å². The van der Waals surface area contributed by atoms with Crippen LogP contribution < -0.4 is 10.1 Å². The first-order valence-corrected chi connectivity index (χ1v) is 7.99. The standard InChI is InChI=1S/C18H16ClF2NO4/c1-10-6-7-12(19)15(8-10)25-9-16(23)26-11(2)18(24)22-17-13(20)4-3-5-14(17)21/h3-8,11H,9H2,1-2H3,(H,22,24)/t11-/m0/s1. The number of benzene rings is 2. The van der Waals surface area contributed by atoms with Crippen molar-refractivity contribution in [1.82, 2.24) is 0 Å². The minimum Gasteiger partial charge on any atom is -0.480 e. The van der Waals surface area contributed by atoms with Crippen molar-refractivity contribution in [3.63, 3.8) is 0 Å². The molecule has 0 bridgehead atoms. The van der Waals surface area contributed by atoms with E-state index in [1.165, 1.54) is 6.92 Å². The van der Waals surface area contributed by atoms with E-state index in [0.29, 0.717) is 10.8 Å². The molecule has 26 heavy (non-hydrogen) atoms. The van der Waals surface area contributed by atoms with Crippen molar-refractivity contribution in [2.45, 2.75) is 20.0 Å². The number of ether oxygens (including phenoxy) is 2. The number of anilines is 1. The molecule has 2 aromatic rings. The molecular weight excluding hydrogens is 368 g/mol. The summed E-state index contributed by atoms with van der Waals surface area (Å²) < 4.78 is 37.2. The molecule has 0 heterocycles. The van der Waals surface area contributed by atoms with Gasteiger partial charge in [-0.25, -0.2) is 13.6 Å². The number of halogens is 3. The van der Waals surface area contributed by atoms with Gasteiger partial charge in [0.1, 0.15) is 23.1 Å². The van der Waals surface area contributed by atoms with E-state index >= 15 is 0 Å². The van der Waals surface area contributed by atoms with Crippen molar-refractivity contribution in [1.29, 1.82) is 0 Å². The van der Waals surface area contributed by atoms with Crippen LogP contribution in [0, 0.1) is 18.6 Å². The Morgan fingerprint density at radius 1 is 1.19 bits per heavy atom. The van der Waals surface area contributed by atoms with Crippen LogP contribution in [0.4, 0.5) is 14.5 Å². The van der Waals surface area contributed by atoms with Gasteiger partial charge in [0.15, 0.2) is 12.7 Å². The fraction of sp³-hybridized carbons (Fsp3) is 0.222. The van der Waals surface area contributed by atoms with E-state index in [4.69, 9.17) is 21.1 Å². The van der Waals surface area contributed by atoms with Crippen LogP contribution in [0.5, 0.6) is 5.75 Å². The first-order chi connectivity index (χ1) is 12.3. The minimum absolute atomic E-state index is 0.300. The molecular formula is C18H16ClF2NO4. The molecule has 8 heteroatoms. The van der Waals surface area contributed by atoms with Gasteiger partial charge in [0.2, 0.25) is 0 Å². The van der Waals surface area contributed by atoms with Gasteiger partial charge in [-0.3, -0.25) is 4.79 Å². The van der Waals surface area contributed by atoms with E-state index in [2.05, 4.69) is 0 Å². The van der Waals surface area contributed by atoms with Crippen molar-refractivity contribution in [3.05, 3.63) is 58.6 Å². The summed E-state index contributed by atoms with van der Waals surface area (Å²) >= 11 is 5.94. The van der Waals surface area contributed by atoms with Crippen LogP contribution in [0.1, 0.15) is 12.5 Å². The summed E-state index contributed by atoms with van der Waals surface area (Å²) in [5.74, 6) is -3.28. The SMILES string of the molecule is Cc1ccc(Cl)c(OCC(=O)O[C@@H](C)C(=O)Nc2c(F)cccc2F)c1. The second kappa shape index (κ2) is 8.62. The highest BCUT2D eigenvalue weighted by Crippen LogP contribution is 2.25. The van der Waals surface area contributed by atoms with E-state index in [-0.39, 0.29) is 0 Å². The van der Waals surface area contributed by atoms with Gasteiger partial charge in [0.05, 0.1) is 5.02 Å². The second-order valence-electron chi connectivity index (χ2n) is 5.44. The van der Waals surface area contributed by atoms with Crippen LogP contribution in [0.2, 0.25) is 5.02 Å². The van der Waals surface area contributed by atoms with Gasteiger partial charge >= 0.3 is 5.97 Å². The number of rotatable bonds is 6. The molecule has 2 rings (SSSR count). The van der Waals surface area contributed by atoms with Crippen LogP contribution in [0.15, 0.2) is 36.4 Å². The van der Waals surface area contributed by atoms with Crippen molar-refractivity contribution in [2.24, 2.45) is 0 Å². The highest BCUT2D eigenvalue weighted by molar-refractivity contribution is 6.32. The summed E-state index contributed by atoms with van der Waals surface area (Å²) in [7, 11) is 0. The zero-order chi connectivity index (χ0) is 19.3. The molecule has 0 aromatic heterocycles. The molecule has 1 N–H and O–H groups in total. The van der Waals surface area contributed by atoms with E-state index < -0.39 is 41.9 Å². The Kier molecular flexibility index (Phi) is 6.52. The molecule has 0 aliphatic heterocycles. The lowest BCUT2D eigenvalue weighted by Gasteiger charge is -2.15. The molecule has 0 fully saturated rings. The van der Waals surface area contributed by atoms with E-state index in [9.17, 15) is 18.4 Å². The molecule has 1 amide bonds. The lowest BCUT2D eigenvalue weighted by Crippen LogP contribution is -2.32. The van der Waals surface area contributed by atoms with Crippen LogP contribution >= 0.6 is 11.6 Å². The first kappa shape index (κ1) is 19.7. The molecule has 0 unspecified atom stereocenters. The number of carbonyl (C=O) groups excluding carboxylic acids is 2. The number of amides is 1. The highest BCUT2D eigenvalue weighted by atomic mass is 35.5. The molecule has 138 valence electrons. The molecule has 5 nitrogen and oxygen atoms in total. The third kappa shape index (κ3) is 5.16. The van der Waals surface area contributed by atoms with Crippen LogP contribution in [-0.4, -0.2) is 24.6 Å². The third-order valence-corrected chi connectivity index (χ3v) is 3.63. The lowest BCUT2D eigenvalue weighted by atomic mass is 10.2. The maximum atomic E-state index is 13.5. The smallest absolute Gasteiger partial charge is 0.344 e. The van der Waals surface area contributed by atoms with Crippen molar-refractivity contribution < 1.29 is 27.8 Å². The highest BCUT2D eigenvalue weighted by Gasteiger charge is 2.21. The van der Waals surface area contributed by atoms with E-state index in [0.717, 1.165) is 23.8 Å². The topological polar surface area (TPSA) is 64.6 Å². The van der Waals surface area contributed by atoms with Crippen LogP contribution in [0.25, 0.3) is 0 Å². The van der Waals surface area contributed by atoms with E-state index in [1.807, 2.05) is 12.2 Å². The molecule has 0 radical (unpaired) electrons. The molecule has 1 atom stereocenters. The second-order valence-corrected chi connectivity index (χ2v) is 5.85. The maximum Gasteiger partial charge on any atom is 0.344 e. The van der Waals surface area contributed by atoms with Gasteiger partial charge in [-0.05, 0) is 43.7 Å². The Morgan fingerprint density at radius 3 is 2.50 bits per heavy atom. The van der Waals surface area contributed by atoms with Crippen LogP contribution in [0.3, 0.4) is 0 Å². The fourth-order valence-corrected chi connectivity index (χ4v) is 2.16. The number of esters is 1. The molecule has 0 saturated heterocycles. The van der Waals surface area contributed by atoms with E-state index in [1.54, 1.807) is 18.2 Å². The number of para-hydroxylation sites is 1. The van der Waals surface area contributed by atoms with Crippen LogP contribution in [-0.2, 0) is 14.3 Å². The zero-order valence-electron chi connectivity index (χ0n) is 14.0. The molecule has 0 aliphatic carbocycles. The first-order valence-electron chi connectivity index (χ1n) is 7.61. The monoisotopic (exact) mass is 383 g/mol. The van der Waals surface area contributed by atoms with Gasteiger partial charge in [0.25, 0.3) is 5.91 Å². The summed E-state index contributed by atoms with van der Waals surface area (Å²) in [5, 5.41) is 2.37. The number of hydrogen-bond donors (Lipinski definition) is 1. The number of carbonyl (C=O) groups is 2. The normalized spacial score (nSPS) is 11.6. The molecule has 0 aliphatic rings. The quantitative estimate of drug-likeness (QED) is 0.769. The Morgan fingerprint density at radius 2 is 1.85 bits per heavy atom. The minimum atomic E-state index is -1.28. The maximum absolute atomic E-state index is 13.5. The Bertz CT molecular complexity index is 809. The average molecular weight is 384 g/mol. The van der Waals surface area contributed by atoms with Gasteiger partial charge in [-0.2, -0.15) is 0 Å². The van der Waals surface area contributed by atoms with Crippen molar-refractivity contribution >= 4 is 29.2 Å². The molecule has 0 saturated carbocycles. The molecule has 0 spiro atoms. The van der Waals surface area contributed by atoms with Gasteiger partial charge in [-0.15, -0.1) is 0 Å². The number of hydrogen-bond acceptors (Lipinski definition) is 4. The third-order valence-electron chi connectivity index (χ3n) is 3.32. The predicted octanol–water partition coefficient (Wildman–Crippen LogP) is 3.88.